The number of amides is 1. The van der Waals surface area contributed by atoms with E-state index in [1.54, 1.807) is 6.92 Å². The number of aromatic nitrogens is 1. The van der Waals surface area contributed by atoms with Gasteiger partial charge >= 0.3 is 0 Å². The molecule has 1 aromatic heterocycles. The van der Waals surface area contributed by atoms with Crippen molar-refractivity contribution in [3.05, 3.63) is 53.6 Å². The predicted octanol–water partition coefficient (Wildman–Crippen LogP) is 4.32. The maximum Gasteiger partial charge on any atom is 0.266 e. The minimum absolute atomic E-state index is 0.205. The Balaban J connectivity index is 1.71. The lowest BCUT2D eigenvalue weighted by Crippen LogP contribution is -2.30. The van der Waals surface area contributed by atoms with Crippen LogP contribution in [0.2, 0.25) is 0 Å². The second-order valence-corrected chi connectivity index (χ2v) is 6.54. The first kappa shape index (κ1) is 15.5. The fourth-order valence-electron chi connectivity index (χ4n) is 2.29. The molecule has 0 aliphatic rings. The number of anilines is 1. The standard InChI is InChI=1S/C18H18N2O2S/c1-11-6-4-8-14(10-11)22-13(3)17(21)20-18-19-16-12(2)7-5-9-15(16)23-18/h4-10,13H,1-3H3,(H,19,20,21). The zero-order chi connectivity index (χ0) is 16.4. The van der Waals surface area contributed by atoms with Gasteiger partial charge in [0.05, 0.1) is 10.2 Å². The summed E-state index contributed by atoms with van der Waals surface area (Å²) in [5.41, 5.74) is 3.13. The van der Waals surface area contributed by atoms with Crippen molar-refractivity contribution in [1.82, 2.24) is 4.98 Å². The molecule has 1 heterocycles. The number of carbonyl (C=O) groups excluding carboxylic acids is 1. The van der Waals surface area contributed by atoms with Crippen molar-refractivity contribution < 1.29 is 9.53 Å². The first-order valence-corrected chi connectivity index (χ1v) is 8.25. The van der Waals surface area contributed by atoms with E-state index in [9.17, 15) is 4.79 Å². The van der Waals surface area contributed by atoms with Gasteiger partial charge in [0, 0.05) is 0 Å². The molecule has 0 saturated heterocycles. The lowest BCUT2D eigenvalue weighted by Gasteiger charge is -2.13. The highest BCUT2D eigenvalue weighted by Crippen LogP contribution is 2.28. The maximum absolute atomic E-state index is 12.3. The Morgan fingerprint density at radius 2 is 2.00 bits per heavy atom. The molecule has 1 amide bonds. The van der Waals surface area contributed by atoms with Crippen LogP contribution in [0.4, 0.5) is 5.13 Å². The lowest BCUT2D eigenvalue weighted by molar-refractivity contribution is -0.122. The molecule has 0 aliphatic heterocycles. The van der Waals surface area contributed by atoms with Crippen molar-refractivity contribution in [2.45, 2.75) is 26.9 Å². The third kappa shape index (κ3) is 3.51. The van der Waals surface area contributed by atoms with Crippen LogP contribution in [0.25, 0.3) is 10.2 Å². The SMILES string of the molecule is Cc1cccc(OC(C)C(=O)Nc2nc3c(C)cccc3s2)c1. The number of hydrogen-bond donors (Lipinski definition) is 1. The maximum atomic E-state index is 12.3. The van der Waals surface area contributed by atoms with Gasteiger partial charge < -0.3 is 4.74 Å². The van der Waals surface area contributed by atoms with Gasteiger partial charge in [-0.15, -0.1) is 0 Å². The molecule has 0 bridgehead atoms. The number of hydrogen-bond acceptors (Lipinski definition) is 4. The topological polar surface area (TPSA) is 51.2 Å². The third-order valence-corrected chi connectivity index (χ3v) is 4.46. The average molecular weight is 326 g/mol. The molecule has 3 aromatic rings. The molecule has 0 fully saturated rings. The minimum Gasteiger partial charge on any atom is -0.481 e. The number of para-hydroxylation sites is 1. The number of carbonyl (C=O) groups is 1. The molecular weight excluding hydrogens is 308 g/mol. The zero-order valence-corrected chi connectivity index (χ0v) is 14.1. The van der Waals surface area contributed by atoms with Crippen LogP contribution in [0.15, 0.2) is 42.5 Å². The van der Waals surface area contributed by atoms with Gasteiger partial charge in [0.25, 0.3) is 5.91 Å². The van der Waals surface area contributed by atoms with Crippen molar-refractivity contribution >= 4 is 32.6 Å². The fourth-order valence-corrected chi connectivity index (χ4v) is 3.24. The van der Waals surface area contributed by atoms with E-state index in [4.69, 9.17) is 4.74 Å². The molecule has 0 saturated carbocycles. The summed E-state index contributed by atoms with van der Waals surface area (Å²) in [6, 6.07) is 13.7. The van der Waals surface area contributed by atoms with E-state index in [-0.39, 0.29) is 5.91 Å². The average Bonchev–Trinajstić information content (AvgIpc) is 2.91. The van der Waals surface area contributed by atoms with Crippen molar-refractivity contribution in [2.75, 3.05) is 5.32 Å². The zero-order valence-electron chi connectivity index (χ0n) is 13.3. The highest BCUT2D eigenvalue weighted by atomic mass is 32.1. The van der Waals surface area contributed by atoms with Gasteiger partial charge in [-0.3, -0.25) is 10.1 Å². The highest BCUT2D eigenvalue weighted by Gasteiger charge is 2.17. The van der Waals surface area contributed by atoms with Gasteiger partial charge in [-0.25, -0.2) is 4.98 Å². The largest absolute Gasteiger partial charge is 0.481 e. The van der Waals surface area contributed by atoms with E-state index in [1.807, 2.05) is 56.3 Å². The van der Waals surface area contributed by atoms with E-state index < -0.39 is 6.10 Å². The fraction of sp³-hybridized carbons (Fsp3) is 0.222. The summed E-state index contributed by atoms with van der Waals surface area (Å²) in [6.07, 6.45) is -0.593. The monoisotopic (exact) mass is 326 g/mol. The Bertz CT molecular complexity index is 857. The van der Waals surface area contributed by atoms with E-state index >= 15 is 0 Å². The van der Waals surface area contributed by atoms with Gasteiger partial charge in [-0.05, 0) is 50.1 Å². The number of benzene rings is 2. The van der Waals surface area contributed by atoms with Crippen LogP contribution < -0.4 is 10.1 Å². The second-order valence-electron chi connectivity index (χ2n) is 5.51. The van der Waals surface area contributed by atoms with Crippen LogP contribution in [-0.2, 0) is 4.79 Å². The molecule has 0 radical (unpaired) electrons. The lowest BCUT2D eigenvalue weighted by atomic mass is 10.2. The Morgan fingerprint density at radius 1 is 1.22 bits per heavy atom. The van der Waals surface area contributed by atoms with Gasteiger partial charge in [0.1, 0.15) is 5.75 Å². The van der Waals surface area contributed by atoms with Crippen molar-refractivity contribution in [3.8, 4) is 5.75 Å². The van der Waals surface area contributed by atoms with E-state index in [0.29, 0.717) is 10.9 Å². The van der Waals surface area contributed by atoms with Crippen molar-refractivity contribution in [1.29, 1.82) is 0 Å². The summed E-state index contributed by atoms with van der Waals surface area (Å²) in [7, 11) is 0. The van der Waals surface area contributed by atoms with E-state index in [2.05, 4.69) is 10.3 Å². The Labute approximate surface area is 139 Å². The molecule has 4 nitrogen and oxygen atoms in total. The van der Waals surface area contributed by atoms with Crippen LogP contribution >= 0.6 is 11.3 Å². The predicted molar refractivity (Wildman–Crippen MR) is 94.3 cm³/mol. The number of rotatable bonds is 4. The van der Waals surface area contributed by atoms with Crippen molar-refractivity contribution in [3.63, 3.8) is 0 Å². The summed E-state index contributed by atoms with van der Waals surface area (Å²) >= 11 is 1.47. The van der Waals surface area contributed by atoms with Crippen molar-refractivity contribution in [2.24, 2.45) is 0 Å². The van der Waals surface area contributed by atoms with Gasteiger partial charge in [-0.2, -0.15) is 0 Å². The first-order chi connectivity index (χ1) is 11.0. The molecular formula is C18H18N2O2S. The molecule has 23 heavy (non-hydrogen) atoms. The second kappa shape index (κ2) is 6.38. The minimum atomic E-state index is -0.593. The summed E-state index contributed by atoms with van der Waals surface area (Å²) in [5.74, 6) is 0.482. The van der Waals surface area contributed by atoms with Gasteiger partial charge in [0.2, 0.25) is 0 Å². The highest BCUT2D eigenvalue weighted by molar-refractivity contribution is 7.22. The molecule has 1 N–H and O–H groups in total. The Kier molecular flexibility index (Phi) is 4.30. The summed E-state index contributed by atoms with van der Waals surface area (Å²) in [6.45, 7) is 5.73. The summed E-state index contributed by atoms with van der Waals surface area (Å²) in [5, 5.41) is 3.43. The quantitative estimate of drug-likeness (QED) is 0.777. The number of nitrogens with zero attached hydrogens (tertiary/aromatic N) is 1. The molecule has 1 atom stereocenters. The molecule has 3 rings (SSSR count). The number of thiazole rings is 1. The Hall–Kier alpha value is -2.40. The van der Waals surface area contributed by atoms with E-state index in [0.717, 1.165) is 21.3 Å². The molecule has 0 aliphatic carbocycles. The van der Waals surface area contributed by atoms with E-state index in [1.165, 1.54) is 11.3 Å². The smallest absolute Gasteiger partial charge is 0.266 e. The van der Waals surface area contributed by atoms with Gasteiger partial charge in [0.15, 0.2) is 11.2 Å². The third-order valence-electron chi connectivity index (χ3n) is 3.52. The summed E-state index contributed by atoms with van der Waals surface area (Å²) in [4.78, 5) is 16.8. The summed E-state index contributed by atoms with van der Waals surface area (Å²) < 4.78 is 6.75. The van der Waals surface area contributed by atoms with Crippen LogP contribution in [0.1, 0.15) is 18.1 Å². The molecule has 118 valence electrons. The van der Waals surface area contributed by atoms with Gasteiger partial charge in [-0.1, -0.05) is 35.6 Å². The van der Waals surface area contributed by atoms with Crippen LogP contribution in [0.5, 0.6) is 5.75 Å². The number of nitrogens with one attached hydrogen (secondary N) is 1. The van der Waals surface area contributed by atoms with Crippen LogP contribution in [0, 0.1) is 13.8 Å². The number of ether oxygens (including phenoxy) is 1. The molecule has 5 heteroatoms. The number of fused-ring (bicyclic) bond motifs is 1. The van der Waals surface area contributed by atoms with Crippen LogP contribution in [0.3, 0.4) is 0 Å². The van der Waals surface area contributed by atoms with Crippen LogP contribution in [-0.4, -0.2) is 17.0 Å². The molecule has 2 aromatic carbocycles. The first-order valence-electron chi connectivity index (χ1n) is 7.43. The number of aryl methyl sites for hydroxylation is 2. The Morgan fingerprint density at radius 3 is 2.74 bits per heavy atom. The normalized spacial score (nSPS) is 12.1. The molecule has 1 unspecified atom stereocenters. The molecule has 0 spiro atoms.